The van der Waals surface area contributed by atoms with E-state index in [1.165, 1.54) is 0 Å². The third-order valence-corrected chi connectivity index (χ3v) is 6.59. The first-order valence-corrected chi connectivity index (χ1v) is 13.4. The van der Waals surface area contributed by atoms with Gasteiger partial charge in [-0.05, 0) is 60.5 Å². The van der Waals surface area contributed by atoms with Gasteiger partial charge in [0.1, 0.15) is 12.4 Å². The molecule has 1 heterocycles. The van der Waals surface area contributed by atoms with E-state index < -0.39 is 11.8 Å². The van der Waals surface area contributed by atoms with Gasteiger partial charge in [0.05, 0.1) is 13.2 Å². The van der Waals surface area contributed by atoms with Crippen LogP contribution in [0, 0.1) is 0 Å². The molecular formula is C32H37N3O4. The van der Waals surface area contributed by atoms with Crippen LogP contribution in [0.5, 0.6) is 5.75 Å². The van der Waals surface area contributed by atoms with Gasteiger partial charge in [-0.25, -0.2) is 0 Å². The van der Waals surface area contributed by atoms with E-state index in [4.69, 9.17) is 9.47 Å². The van der Waals surface area contributed by atoms with E-state index in [-0.39, 0.29) is 0 Å². The Hall–Kier alpha value is -3.94. The first kappa shape index (κ1) is 28.1. The van der Waals surface area contributed by atoms with Gasteiger partial charge in [0, 0.05) is 26.2 Å². The van der Waals surface area contributed by atoms with Crippen LogP contribution in [-0.4, -0.2) is 81.7 Å². The molecule has 0 atom stereocenters. The van der Waals surface area contributed by atoms with Crippen molar-refractivity contribution < 1.29 is 19.1 Å². The number of carbonyl (C=O) groups excluding carboxylic acids is 2. The Morgan fingerprint density at radius 1 is 0.846 bits per heavy atom. The Balaban J connectivity index is 1.61. The van der Waals surface area contributed by atoms with Gasteiger partial charge in [-0.3, -0.25) is 9.59 Å². The van der Waals surface area contributed by atoms with Crippen LogP contribution < -0.4 is 10.1 Å². The van der Waals surface area contributed by atoms with Crippen molar-refractivity contribution in [2.75, 3.05) is 60.1 Å². The molecule has 0 unspecified atom stereocenters. The minimum atomic E-state index is -0.579. The van der Waals surface area contributed by atoms with Gasteiger partial charge >= 0.3 is 11.8 Å². The monoisotopic (exact) mass is 527 g/mol. The van der Waals surface area contributed by atoms with Crippen LogP contribution in [0.4, 0.5) is 0 Å². The van der Waals surface area contributed by atoms with Gasteiger partial charge in [-0.15, -0.1) is 0 Å². The lowest BCUT2D eigenvalue weighted by Crippen LogP contribution is -2.48. The summed E-state index contributed by atoms with van der Waals surface area (Å²) in [6.07, 6.45) is 0.553. The molecule has 1 N–H and O–H groups in total. The maximum atomic E-state index is 12.7. The van der Waals surface area contributed by atoms with Crippen LogP contribution in [-0.2, 0) is 14.3 Å². The fourth-order valence-corrected chi connectivity index (χ4v) is 4.52. The van der Waals surface area contributed by atoms with E-state index in [9.17, 15) is 9.59 Å². The van der Waals surface area contributed by atoms with Crippen LogP contribution >= 0.6 is 0 Å². The number of nitrogens with zero attached hydrogens (tertiary/aromatic N) is 2. The van der Waals surface area contributed by atoms with Crippen molar-refractivity contribution in [3.63, 3.8) is 0 Å². The predicted molar refractivity (Wildman–Crippen MR) is 154 cm³/mol. The van der Waals surface area contributed by atoms with E-state index in [1.807, 2.05) is 62.6 Å². The number of ether oxygens (including phenoxy) is 2. The lowest BCUT2D eigenvalue weighted by atomic mass is 9.88. The number of hydrogen-bond donors (Lipinski definition) is 1. The fraction of sp³-hybridized carbons (Fsp3) is 0.312. The quantitative estimate of drug-likeness (QED) is 0.319. The zero-order valence-corrected chi connectivity index (χ0v) is 22.8. The van der Waals surface area contributed by atoms with Gasteiger partial charge in [-0.1, -0.05) is 72.8 Å². The summed E-state index contributed by atoms with van der Waals surface area (Å²) in [5.41, 5.74) is 5.36. The number of rotatable bonds is 10. The maximum Gasteiger partial charge on any atom is 0.312 e. The van der Waals surface area contributed by atoms with Crippen molar-refractivity contribution in [2.24, 2.45) is 0 Å². The van der Waals surface area contributed by atoms with E-state index in [0.717, 1.165) is 40.1 Å². The molecule has 2 amide bonds. The van der Waals surface area contributed by atoms with E-state index in [0.29, 0.717) is 45.9 Å². The normalized spacial score (nSPS) is 14.1. The lowest BCUT2D eigenvalue weighted by molar-refractivity contribution is -0.148. The number of morpholine rings is 1. The lowest BCUT2D eigenvalue weighted by Gasteiger charge is -2.26. The average molecular weight is 528 g/mol. The molecule has 7 nitrogen and oxygen atoms in total. The van der Waals surface area contributed by atoms with Crippen LogP contribution in [0.3, 0.4) is 0 Å². The van der Waals surface area contributed by atoms with Crippen molar-refractivity contribution in [3.8, 4) is 5.75 Å². The average Bonchev–Trinajstić information content (AvgIpc) is 2.98. The first-order valence-electron chi connectivity index (χ1n) is 13.4. The number of nitrogens with one attached hydrogen (secondary N) is 1. The fourth-order valence-electron chi connectivity index (χ4n) is 4.52. The van der Waals surface area contributed by atoms with Gasteiger partial charge in [0.2, 0.25) is 0 Å². The molecule has 204 valence electrons. The maximum absolute atomic E-state index is 12.7. The second-order valence-corrected chi connectivity index (χ2v) is 9.67. The Bertz CT molecular complexity index is 1240. The van der Waals surface area contributed by atoms with Crippen LogP contribution in [0.2, 0.25) is 0 Å². The zero-order valence-electron chi connectivity index (χ0n) is 22.8. The standard InChI is InChI=1S/C32H37N3O4/c1-34(2)19-24-39-28-15-13-27(14-16-28)30(26-11-7-4-8-12-26)29(25-9-5-3-6-10-25)17-18-33-31(36)32(37)35-20-22-38-23-21-35/h3-16H,17-24H2,1-2H3,(H,33,36)/b30-29-. The minimum Gasteiger partial charge on any atom is -0.492 e. The molecule has 7 heteroatoms. The van der Waals surface area contributed by atoms with Crippen LogP contribution in [0.1, 0.15) is 23.1 Å². The highest BCUT2D eigenvalue weighted by Crippen LogP contribution is 2.35. The molecular weight excluding hydrogens is 490 g/mol. The van der Waals surface area contributed by atoms with Crippen molar-refractivity contribution in [3.05, 3.63) is 102 Å². The zero-order chi connectivity index (χ0) is 27.5. The second-order valence-electron chi connectivity index (χ2n) is 9.67. The number of carbonyl (C=O) groups is 2. The molecule has 1 saturated heterocycles. The summed E-state index contributed by atoms with van der Waals surface area (Å²) in [5.74, 6) is -0.260. The highest BCUT2D eigenvalue weighted by atomic mass is 16.5. The Kier molecular flexibility index (Phi) is 10.3. The van der Waals surface area contributed by atoms with Crippen molar-refractivity contribution in [1.29, 1.82) is 0 Å². The molecule has 3 aromatic rings. The Labute approximate surface area is 231 Å². The first-order chi connectivity index (χ1) is 19.0. The number of likely N-dealkylation sites (N-methyl/N-ethyl adjacent to an activating group) is 1. The summed E-state index contributed by atoms with van der Waals surface area (Å²) in [7, 11) is 4.05. The van der Waals surface area contributed by atoms with E-state index in [2.05, 4.69) is 46.6 Å². The summed E-state index contributed by atoms with van der Waals surface area (Å²) in [5, 5.41) is 2.85. The Morgan fingerprint density at radius 2 is 1.44 bits per heavy atom. The molecule has 0 spiro atoms. The summed E-state index contributed by atoms with van der Waals surface area (Å²) in [6, 6.07) is 28.6. The molecule has 1 aliphatic heterocycles. The third-order valence-electron chi connectivity index (χ3n) is 6.59. The molecule has 1 fully saturated rings. The van der Waals surface area contributed by atoms with Crippen LogP contribution in [0.15, 0.2) is 84.9 Å². The largest absolute Gasteiger partial charge is 0.492 e. The van der Waals surface area contributed by atoms with Gasteiger partial charge in [0.25, 0.3) is 0 Å². The van der Waals surface area contributed by atoms with Crippen LogP contribution in [0.25, 0.3) is 11.1 Å². The minimum absolute atomic E-state index is 0.335. The number of hydrogen-bond acceptors (Lipinski definition) is 5. The molecule has 0 aromatic heterocycles. The predicted octanol–water partition coefficient (Wildman–Crippen LogP) is 3.95. The topological polar surface area (TPSA) is 71.1 Å². The van der Waals surface area contributed by atoms with Gasteiger partial charge < -0.3 is 24.6 Å². The SMILES string of the molecule is CN(C)CCOc1ccc(/C(=C(/CCNC(=O)C(=O)N2CCOCC2)c2ccccc2)c2ccccc2)cc1. The summed E-state index contributed by atoms with van der Waals surface area (Å²) < 4.78 is 11.2. The summed E-state index contributed by atoms with van der Waals surface area (Å²) >= 11 is 0. The van der Waals surface area contributed by atoms with E-state index >= 15 is 0 Å². The molecule has 0 bridgehead atoms. The number of benzene rings is 3. The van der Waals surface area contributed by atoms with Crippen molar-refractivity contribution in [2.45, 2.75) is 6.42 Å². The molecule has 0 saturated carbocycles. The summed E-state index contributed by atoms with van der Waals surface area (Å²) in [6.45, 7) is 3.59. The van der Waals surface area contributed by atoms with Gasteiger partial charge in [-0.2, -0.15) is 0 Å². The molecule has 3 aromatic carbocycles. The molecule has 0 aliphatic carbocycles. The highest BCUT2D eigenvalue weighted by molar-refractivity contribution is 6.35. The highest BCUT2D eigenvalue weighted by Gasteiger charge is 2.23. The molecule has 0 radical (unpaired) electrons. The third kappa shape index (κ3) is 8.02. The second kappa shape index (κ2) is 14.3. The van der Waals surface area contributed by atoms with Crippen molar-refractivity contribution >= 4 is 23.0 Å². The smallest absolute Gasteiger partial charge is 0.312 e. The molecule has 4 rings (SSSR count). The van der Waals surface area contributed by atoms with E-state index in [1.54, 1.807) is 4.90 Å². The summed E-state index contributed by atoms with van der Waals surface area (Å²) in [4.78, 5) is 28.9. The van der Waals surface area contributed by atoms with Gasteiger partial charge in [0.15, 0.2) is 0 Å². The molecule has 39 heavy (non-hydrogen) atoms. The number of amides is 2. The Morgan fingerprint density at radius 3 is 2.05 bits per heavy atom. The van der Waals surface area contributed by atoms with Crippen molar-refractivity contribution in [1.82, 2.24) is 15.1 Å². The molecule has 1 aliphatic rings.